The molecule has 8 heteroatoms. The van der Waals surface area contributed by atoms with E-state index in [2.05, 4.69) is 0 Å². The summed E-state index contributed by atoms with van der Waals surface area (Å²) in [5.41, 5.74) is 2.97. The zero-order valence-electron chi connectivity index (χ0n) is 19.9. The Kier molecular flexibility index (Phi) is 6.34. The minimum atomic E-state index is -3.92. The van der Waals surface area contributed by atoms with Crippen LogP contribution in [-0.4, -0.2) is 44.7 Å². The Morgan fingerprint density at radius 2 is 1.20 bits per heavy atom. The Morgan fingerprint density at radius 3 is 1.74 bits per heavy atom. The molecule has 6 nitrogen and oxygen atoms in total. The van der Waals surface area contributed by atoms with E-state index < -0.39 is 26.2 Å². The molecule has 2 aliphatic heterocycles. The first-order valence-corrected chi connectivity index (χ1v) is 14.8. The standard InChI is InChI=1S/C27H30N2O4S2/c1-20-10-14-23(15-11-20)34(30,31)28-18-6-9-25-26(22-7-4-3-5-8-22)19-29(27(25)28)35(32,33)24-16-12-21(2)13-17-24/h3-5,7-8,10-17,25-27H,6,9,18-19H2,1-2H3/t25-,26-,27+/m1/s1. The Balaban J connectivity index is 1.62. The van der Waals surface area contributed by atoms with Gasteiger partial charge >= 0.3 is 0 Å². The van der Waals surface area contributed by atoms with E-state index in [0.29, 0.717) is 13.0 Å². The molecular formula is C27H30N2O4S2. The van der Waals surface area contributed by atoms with Gasteiger partial charge in [-0.05, 0) is 62.4 Å². The third-order valence-electron chi connectivity index (χ3n) is 7.27. The molecule has 184 valence electrons. The molecule has 35 heavy (non-hydrogen) atoms. The molecule has 0 bridgehead atoms. The van der Waals surface area contributed by atoms with E-state index >= 15 is 0 Å². The van der Waals surface area contributed by atoms with E-state index in [1.165, 1.54) is 8.61 Å². The van der Waals surface area contributed by atoms with Crippen molar-refractivity contribution in [3.05, 3.63) is 95.6 Å². The maximum atomic E-state index is 13.9. The average Bonchev–Trinajstić information content (AvgIpc) is 3.26. The monoisotopic (exact) mass is 510 g/mol. The van der Waals surface area contributed by atoms with Crippen molar-refractivity contribution < 1.29 is 16.8 Å². The van der Waals surface area contributed by atoms with Gasteiger partial charge in [-0.3, -0.25) is 0 Å². The van der Waals surface area contributed by atoms with Crippen LogP contribution in [0.2, 0.25) is 0 Å². The van der Waals surface area contributed by atoms with E-state index in [9.17, 15) is 16.8 Å². The molecule has 0 unspecified atom stereocenters. The molecule has 2 fully saturated rings. The second-order valence-corrected chi connectivity index (χ2v) is 13.3. The minimum Gasteiger partial charge on any atom is -0.207 e. The molecule has 0 aromatic heterocycles. The van der Waals surface area contributed by atoms with Crippen LogP contribution < -0.4 is 0 Å². The highest BCUT2D eigenvalue weighted by atomic mass is 32.2. The third-order valence-corrected chi connectivity index (χ3v) is 11.0. The van der Waals surface area contributed by atoms with Crippen LogP contribution in [0.3, 0.4) is 0 Å². The van der Waals surface area contributed by atoms with Crippen LogP contribution in [0, 0.1) is 19.8 Å². The van der Waals surface area contributed by atoms with E-state index in [0.717, 1.165) is 23.1 Å². The van der Waals surface area contributed by atoms with Gasteiger partial charge in [-0.25, -0.2) is 16.8 Å². The summed E-state index contributed by atoms with van der Waals surface area (Å²) in [5.74, 6) is -0.218. The molecule has 0 amide bonds. The van der Waals surface area contributed by atoms with Gasteiger partial charge in [-0.15, -0.1) is 0 Å². The zero-order chi connectivity index (χ0) is 24.8. The van der Waals surface area contributed by atoms with E-state index in [1.807, 2.05) is 44.2 Å². The van der Waals surface area contributed by atoms with Crippen molar-refractivity contribution in [3.63, 3.8) is 0 Å². The maximum Gasteiger partial charge on any atom is 0.244 e. The fourth-order valence-corrected chi connectivity index (χ4v) is 8.82. The smallest absolute Gasteiger partial charge is 0.207 e. The van der Waals surface area contributed by atoms with Gasteiger partial charge in [0.05, 0.1) is 16.0 Å². The van der Waals surface area contributed by atoms with Crippen LogP contribution in [-0.2, 0) is 20.0 Å². The van der Waals surface area contributed by atoms with Crippen molar-refractivity contribution in [2.75, 3.05) is 13.1 Å². The van der Waals surface area contributed by atoms with Gasteiger partial charge in [0.2, 0.25) is 20.0 Å². The van der Waals surface area contributed by atoms with Crippen molar-refractivity contribution in [1.82, 2.24) is 8.61 Å². The summed E-state index contributed by atoms with van der Waals surface area (Å²) in [4.78, 5) is 0.383. The van der Waals surface area contributed by atoms with Crippen molar-refractivity contribution in [2.24, 2.45) is 5.92 Å². The molecule has 2 aliphatic rings. The Morgan fingerprint density at radius 1 is 0.686 bits per heavy atom. The first-order valence-electron chi connectivity index (χ1n) is 11.9. The largest absolute Gasteiger partial charge is 0.244 e. The summed E-state index contributed by atoms with van der Waals surface area (Å²) in [7, 11) is -7.82. The molecule has 2 heterocycles. The highest BCUT2D eigenvalue weighted by Gasteiger charge is 2.54. The van der Waals surface area contributed by atoms with Crippen molar-refractivity contribution >= 4 is 20.0 Å². The third kappa shape index (κ3) is 4.33. The van der Waals surface area contributed by atoms with Gasteiger partial charge in [0.15, 0.2) is 0 Å². The molecule has 2 saturated heterocycles. The van der Waals surface area contributed by atoms with E-state index in [-0.39, 0.29) is 28.2 Å². The summed E-state index contributed by atoms with van der Waals surface area (Å²) in [6, 6.07) is 23.4. The molecule has 0 N–H and O–H groups in total. The predicted octanol–water partition coefficient (Wildman–Crippen LogP) is 4.52. The lowest BCUT2D eigenvalue weighted by Gasteiger charge is -2.40. The maximum absolute atomic E-state index is 13.9. The Hall–Kier alpha value is -2.52. The fraction of sp³-hybridized carbons (Fsp3) is 0.333. The molecule has 3 aromatic carbocycles. The summed E-state index contributed by atoms with van der Waals surface area (Å²) >= 11 is 0. The minimum absolute atomic E-state index is 0.0857. The lowest BCUT2D eigenvalue weighted by Crippen LogP contribution is -2.54. The van der Waals surface area contributed by atoms with Crippen molar-refractivity contribution in [1.29, 1.82) is 0 Å². The number of aryl methyl sites for hydroxylation is 2. The van der Waals surface area contributed by atoms with Crippen LogP contribution in [0.15, 0.2) is 88.7 Å². The first-order chi connectivity index (χ1) is 16.7. The normalized spacial score (nSPS) is 23.8. The van der Waals surface area contributed by atoms with Crippen LogP contribution >= 0.6 is 0 Å². The summed E-state index contributed by atoms with van der Waals surface area (Å²) in [6.45, 7) is 4.35. The Bertz CT molecular complexity index is 1400. The number of benzene rings is 3. The van der Waals surface area contributed by atoms with Gasteiger partial charge in [0.1, 0.15) is 0 Å². The highest BCUT2D eigenvalue weighted by molar-refractivity contribution is 7.90. The van der Waals surface area contributed by atoms with Crippen LogP contribution in [0.4, 0.5) is 0 Å². The number of hydrogen-bond acceptors (Lipinski definition) is 4. The quantitative estimate of drug-likeness (QED) is 0.506. The molecule has 0 radical (unpaired) electrons. The fourth-order valence-electron chi connectivity index (χ4n) is 5.43. The summed E-state index contributed by atoms with van der Waals surface area (Å²) in [5, 5.41) is 0. The number of rotatable bonds is 5. The van der Waals surface area contributed by atoms with Gasteiger partial charge in [-0.1, -0.05) is 65.7 Å². The van der Waals surface area contributed by atoms with Crippen LogP contribution in [0.1, 0.15) is 35.4 Å². The van der Waals surface area contributed by atoms with Gasteiger partial charge in [0, 0.05) is 19.0 Å². The van der Waals surface area contributed by atoms with Crippen molar-refractivity contribution in [3.8, 4) is 0 Å². The second kappa shape index (κ2) is 9.17. The van der Waals surface area contributed by atoms with Gasteiger partial charge < -0.3 is 0 Å². The summed E-state index contributed by atoms with van der Waals surface area (Å²) in [6.07, 6.45) is 0.685. The van der Waals surface area contributed by atoms with Gasteiger partial charge in [0.25, 0.3) is 0 Å². The lowest BCUT2D eigenvalue weighted by molar-refractivity contribution is 0.131. The molecule has 5 rings (SSSR count). The van der Waals surface area contributed by atoms with Crippen molar-refractivity contribution in [2.45, 2.75) is 48.6 Å². The lowest BCUT2D eigenvalue weighted by atomic mass is 9.83. The number of piperidine rings is 1. The topological polar surface area (TPSA) is 74.8 Å². The summed E-state index contributed by atoms with van der Waals surface area (Å²) < 4.78 is 58.4. The molecule has 3 aromatic rings. The predicted molar refractivity (Wildman–Crippen MR) is 136 cm³/mol. The molecular weight excluding hydrogens is 480 g/mol. The number of sulfonamides is 2. The second-order valence-electron chi connectivity index (χ2n) is 9.55. The highest BCUT2D eigenvalue weighted by Crippen LogP contribution is 2.47. The van der Waals surface area contributed by atoms with Crippen LogP contribution in [0.5, 0.6) is 0 Å². The molecule has 3 atom stereocenters. The molecule has 0 spiro atoms. The SMILES string of the molecule is Cc1ccc(S(=O)(=O)N2CCC[C@H]3[C@@H]2N(S(=O)(=O)c2ccc(C)cc2)C[C@@H]3c2ccccc2)cc1. The first kappa shape index (κ1) is 24.2. The Labute approximate surface area is 208 Å². The van der Waals surface area contributed by atoms with Gasteiger partial charge in [-0.2, -0.15) is 8.61 Å². The number of hydrogen-bond donors (Lipinski definition) is 0. The van der Waals surface area contributed by atoms with Crippen LogP contribution in [0.25, 0.3) is 0 Å². The van der Waals surface area contributed by atoms with E-state index in [1.54, 1.807) is 48.5 Å². The molecule has 0 saturated carbocycles. The number of fused-ring (bicyclic) bond motifs is 1. The average molecular weight is 511 g/mol. The number of nitrogens with zero attached hydrogens (tertiary/aromatic N) is 2. The zero-order valence-corrected chi connectivity index (χ0v) is 21.5. The molecule has 0 aliphatic carbocycles. The van der Waals surface area contributed by atoms with E-state index in [4.69, 9.17) is 0 Å².